The third kappa shape index (κ3) is 15.9. The van der Waals surface area contributed by atoms with Crippen molar-refractivity contribution in [3.63, 3.8) is 0 Å². The molecule has 0 rings (SSSR count). The highest BCUT2D eigenvalue weighted by atomic mass is 32.2. The van der Waals surface area contributed by atoms with Gasteiger partial charge in [-0.25, -0.2) is 0 Å². The average molecular weight is 337 g/mol. The SMILES string of the molecule is CCCCCC/C=C/COCC[N+](C)(C)CCCS(=O)(=O)O. The molecule has 1 N–H and O–H groups in total. The van der Waals surface area contributed by atoms with Gasteiger partial charge in [-0.05, 0) is 12.8 Å². The summed E-state index contributed by atoms with van der Waals surface area (Å²) in [6.07, 6.45) is 11.0. The van der Waals surface area contributed by atoms with Crippen LogP contribution in [0.15, 0.2) is 12.2 Å². The van der Waals surface area contributed by atoms with Crippen LogP contribution in [-0.2, 0) is 14.9 Å². The van der Waals surface area contributed by atoms with E-state index in [1.165, 1.54) is 25.7 Å². The Morgan fingerprint density at radius 3 is 2.41 bits per heavy atom. The molecule has 0 aromatic carbocycles. The van der Waals surface area contributed by atoms with Crippen molar-refractivity contribution in [1.82, 2.24) is 0 Å². The molecule has 0 bridgehead atoms. The van der Waals surface area contributed by atoms with E-state index in [9.17, 15) is 8.42 Å². The lowest BCUT2D eigenvalue weighted by atomic mass is 10.1. The Balaban J connectivity index is 3.57. The van der Waals surface area contributed by atoms with Crippen molar-refractivity contribution < 1.29 is 22.2 Å². The molecule has 0 unspecified atom stereocenters. The molecule has 0 spiro atoms. The molecule has 0 aromatic rings. The third-order valence-electron chi connectivity index (χ3n) is 3.61. The maximum atomic E-state index is 10.7. The molecule has 0 aliphatic carbocycles. The number of rotatable bonds is 14. The second kappa shape index (κ2) is 12.0. The predicted molar refractivity (Wildman–Crippen MR) is 91.6 cm³/mol. The van der Waals surface area contributed by atoms with Crippen molar-refractivity contribution >= 4 is 10.1 Å². The van der Waals surface area contributed by atoms with Gasteiger partial charge in [0.1, 0.15) is 6.54 Å². The van der Waals surface area contributed by atoms with Crippen LogP contribution in [0.25, 0.3) is 0 Å². The van der Waals surface area contributed by atoms with Gasteiger partial charge in [0.15, 0.2) is 0 Å². The Morgan fingerprint density at radius 2 is 1.77 bits per heavy atom. The molecule has 0 heterocycles. The van der Waals surface area contributed by atoms with E-state index in [2.05, 4.69) is 19.1 Å². The summed E-state index contributed by atoms with van der Waals surface area (Å²) in [5.41, 5.74) is 0. The monoisotopic (exact) mass is 336 g/mol. The molecule has 0 aliphatic heterocycles. The second-order valence-corrected chi connectivity index (χ2v) is 7.99. The van der Waals surface area contributed by atoms with Crippen LogP contribution in [0.3, 0.4) is 0 Å². The molecule has 0 saturated carbocycles. The molecule has 132 valence electrons. The number of ether oxygens (including phenoxy) is 1. The predicted octanol–water partition coefficient (Wildman–Crippen LogP) is 2.88. The van der Waals surface area contributed by atoms with Gasteiger partial charge in [0.25, 0.3) is 10.1 Å². The summed E-state index contributed by atoms with van der Waals surface area (Å²) in [5.74, 6) is -0.170. The first-order valence-corrected chi connectivity index (χ1v) is 9.87. The van der Waals surface area contributed by atoms with E-state index in [-0.39, 0.29) is 5.75 Å². The highest BCUT2D eigenvalue weighted by Gasteiger charge is 2.16. The van der Waals surface area contributed by atoms with E-state index in [1.54, 1.807) is 0 Å². The Bertz CT molecular complexity index is 391. The zero-order valence-electron chi connectivity index (χ0n) is 14.5. The van der Waals surface area contributed by atoms with Crippen molar-refractivity contribution in [3.05, 3.63) is 12.2 Å². The second-order valence-electron chi connectivity index (χ2n) is 6.42. The molecule has 0 aromatic heterocycles. The topological polar surface area (TPSA) is 63.6 Å². The number of nitrogens with zero attached hydrogens (tertiary/aromatic N) is 1. The Morgan fingerprint density at radius 1 is 1.05 bits per heavy atom. The van der Waals surface area contributed by atoms with E-state index in [1.807, 2.05) is 14.1 Å². The van der Waals surface area contributed by atoms with Gasteiger partial charge in [0.05, 0.1) is 39.6 Å². The molecule has 0 radical (unpaired) electrons. The van der Waals surface area contributed by atoms with Gasteiger partial charge < -0.3 is 9.22 Å². The molecule has 6 heteroatoms. The summed E-state index contributed by atoms with van der Waals surface area (Å²) in [7, 11) is 0.236. The quantitative estimate of drug-likeness (QED) is 0.229. The summed E-state index contributed by atoms with van der Waals surface area (Å²) < 4.78 is 36.3. The number of allylic oxidation sites excluding steroid dienone is 1. The van der Waals surface area contributed by atoms with Gasteiger partial charge >= 0.3 is 0 Å². The van der Waals surface area contributed by atoms with Crippen molar-refractivity contribution in [2.45, 2.75) is 45.4 Å². The van der Waals surface area contributed by atoms with Crippen LogP contribution in [0.5, 0.6) is 0 Å². The molecule has 22 heavy (non-hydrogen) atoms. The largest absolute Gasteiger partial charge is 0.372 e. The van der Waals surface area contributed by atoms with Gasteiger partial charge in [-0.3, -0.25) is 4.55 Å². The van der Waals surface area contributed by atoms with Gasteiger partial charge in [0, 0.05) is 6.42 Å². The van der Waals surface area contributed by atoms with Crippen LogP contribution < -0.4 is 0 Å². The van der Waals surface area contributed by atoms with Crippen LogP contribution in [0, 0.1) is 0 Å². The molecule has 0 amide bonds. The van der Waals surface area contributed by atoms with Crippen molar-refractivity contribution in [3.8, 4) is 0 Å². The van der Waals surface area contributed by atoms with Crippen molar-refractivity contribution in [2.24, 2.45) is 0 Å². The zero-order valence-corrected chi connectivity index (χ0v) is 15.3. The fourth-order valence-corrected chi connectivity index (χ4v) is 2.62. The lowest BCUT2D eigenvalue weighted by molar-refractivity contribution is -0.890. The van der Waals surface area contributed by atoms with E-state index in [0.29, 0.717) is 30.7 Å². The van der Waals surface area contributed by atoms with Crippen LogP contribution in [0.4, 0.5) is 0 Å². The van der Waals surface area contributed by atoms with E-state index < -0.39 is 10.1 Å². The summed E-state index contributed by atoms with van der Waals surface area (Å²) in [6.45, 7) is 5.04. The average Bonchev–Trinajstić information content (AvgIpc) is 2.39. The summed E-state index contributed by atoms with van der Waals surface area (Å²) >= 11 is 0. The first kappa shape index (κ1) is 21.6. The highest BCUT2D eigenvalue weighted by Crippen LogP contribution is 2.03. The van der Waals surface area contributed by atoms with Crippen LogP contribution in [0.2, 0.25) is 0 Å². The molecule has 5 nitrogen and oxygen atoms in total. The van der Waals surface area contributed by atoms with Crippen LogP contribution in [0.1, 0.15) is 45.4 Å². The molecular formula is C16H34NO4S+. The van der Waals surface area contributed by atoms with Crippen molar-refractivity contribution in [2.75, 3.05) is 46.2 Å². The maximum Gasteiger partial charge on any atom is 0.265 e. The van der Waals surface area contributed by atoms with Gasteiger partial charge in [-0.2, -0.15) is 8.42 Å². The number of hydrogen-bond acceptors (Lipinski definition) is 3. The summed E-state index contributed by atoms with van der Waals surface area (Å²) in [4.78, 5) is 0. The maximum absolute atomic E-state index is 10.7. The van der Waals surface area contributed by atoms with E-state index in [0.717, 1.165) is 13.0 Å². The number of quaternary nitrogens is 1. The summed E-state index contributed by atoms with van der Waals surface area (Å²) in [6, 6.07) is 0. The smallest absolute Gasteiger partial charge is 0.265 e. The van der Waals surface area contributed by atoms with E-state index >= 15 is 0 Å². The van der Waals surface area contributed by atoms with E-state index in [4.69, 9.17) is 9.29 Å². The van der Waals surface area contributed by atoms with Crippen molar-refractivity contribution in [1.29, 1.82) is 0 Å². The molecule has 0 aliphatic rings. The molecule has 0 fully saturated rings. The van der Waals surface area contributed by atoms with Gasteiger partial charge in [-0.1, -0.05) is 38.3 Å². The Hall–Kier alpha value is -0.430. The number of likely N-dealkylation sites (N-methyl/N-ethyl adjacent to an activating group) is 1. The Labute approximate surface area is 136 Å². The Kier molecular flexibility index (Phi) is 11.8. The van der Waals surface area contributed by atoms with Crippen LogP contribution in [-0.4, -0.2) is 63.6 Å². The fraction of sp³-hybridized carbons (Fsp3) is 0.875. The summed E-state index contributed by atoms with van der Waals surface area (Å²) in [5, 5.41) is 0. The highest BCUT2D eigenvalue weighted by molar-refractivity contribution is 7.85. The third-order valence-corrected chi connectivity index (χ3v) is 4.42. The molecule has 0 atom stereocenters. The zero-order chi connectivity index (χ0) is 16.9. The van der Waals surface area contributed by atoms with Gasteiger partial charge in [-0.15, -0.1) is 0 Å². The van der Waals surface area contributed by atoms with Crippen LogP contribution >= 0.6 is 0 Å². The first-order chi connectivity index (χ1) is 10.3. The van der Waals surface area contributed by atoms with Gasteiger partial charge in [0.2, 0.25) is 0 Å². The molecular weight excluding hydrogens is 302 g/mol. The first-order valence-electron chi connectivity index (χ1n) is 8.27. The minimum Gasteiger partial charge on any atom is -0.372 e. The minimum absolute atomic E-state index is 0.170. The number of unbranched alkanes of at least 4 members (excludes halogenated alkanes) is 4. The molecule has 0 saturated heterocycles. The normalized spacial score (nSPS) is 13.1. The standard InChI is InChI=1S/C16H33NO4S/c1-4-5-6-7-8-9-10-14-21-15-13-17(2,3)12-11-16-22(18,19)20/h9-10H,4-8,11-16H2,1-3H3/p+1/b10-9+. The fourth-order valence-electron chi connectivity index (χ4n) is 2.12. The lowest BCUT2D eigenvalue weighted by Crippen LogP contribution is -2.43. The minimum atomic E-state index is -3.84. The number of hydrogen-bond donors (Lipinski definition) is 1. The lowest BCUT2D eigenvalue weighted by Gasteiger charge is -2.29.